The summed E-state index contributed by atoms with van der Waals surface area (Å²) in [6.07, 6.45) is 1.40. The summed E-state index contributed by atoms with van der Waals surface area (Å²) >= 11 is 1.38. The Morgan fingerprint density at radius 3 is 2.67 bits per heavy atom. The maximum absolute atomic E-state index is 13.2. The first-order chi connectivity index (χ1) is 14.6. The second kappa shape index (κ2) is 10.8. The number of hydroxylamine groups is 2. The van der Waals surface area contributed by atoms with Crippen LogP contribution in [0, 0.1) is 0 Å². The number of carbonyl (C=O) groups is 3. The summed E-state index contributed by atoms with van der Waals surface area (Å²) in [7, 11) is 0. The van der Waals surface area contributed by atoms with Crippen molar-refractivity contribution in [2.45, 2.75) is 30.1 Å². The van der Waals surface area contributed by atoms with Crippen LogP contribution in [0.4, 0.5) is 5.69 Å². The number of hydrogen-bond acceptors (Lipinski definition) is 5. The quantitative estimate of drug-likeness (QED) is 0.466. The van der Waals surface area contributed by atoms with Crippen molar-refractivity contribution in [3.05, 3.63) is 60.2 Å². The Balaban J connectivity index is 1.70. The molecule has 0 radical (unpaired) electrons. The van der Waals surface area contributed by atoms with Crippen molar-refractivity contribution >= 4 is 35.7 Å². The van der Waals surface area contributed by atoms with Crippen LogP contribution >= 0.6 is 11.8 Å². The van der Waals surface area contributed by atoms with Crippen molar-refractivity contribution in [3.63, 3.8) is 0 Å². The first kappa shape index (κ1) is 21.9. The van der Waals surface area contributed by atoms with E-state index in [0.717, 1.165) is 21.9 Å². The SMILES string of the molecule is CCCNC(=O)CN1C(=O)C(CN(C=O)OCc2ccccc2)Sc2ccccc21. The van der Waals surface area contributed by atoms with Crippen LogP contribution in [0.2, 0.25) is 0 Å². The van der Waals surface area contributed by atoms with Gasteiger partial charge in [0.1, 0.15) is 18.4 Å². The smallest absolute Gasteiger partial charge is 0.242 e. The molecule has 2 aromatic carbocycles. The van der Waals surface area contributed by atoms with Gasteiger partial charge in [-0.05, 0) is 24.1 Å². The van der Waals surface area contributed by atoms with E-state index in [0.29, 0.717) is 18.6 Å². The number of nitrogens with zero attached hydrogens (tertiary/aromatic N) is 2. The van der Waals surface area contributed by atoms with Gasteiger partial charge in [-0.1, -0.05) is 49.4 Å². The third-order valence-electron chi connectivity index (χ3n) is 4.54. The van der Waals surface area contributed by atoms with Crippen molar-refractivity contribution in [2.75, 3.05) is 24.5 Å². The number of thioether (sulfide) groups is 1. The van der Waals surface area contributed by atoms with Crippen LogP contribution in [0.3, 0.4) is 0 Å². The Kier molecular flexibility index (Phi) is 7.87. The topological polar surface area (TPSA) is 79.0 Å². The summed E-state index contributed by atoms with van der Waals surface area (Å²) < 4.78 is 0. The number of amides is 3. The molecule has 7 nitrogen and oxygen atoms in total. The average molecular weight is 428 g/mol. The fraction of sp³-hybridized carbons (Fsp3) is 0.318. The average Bonchev–Trinajstić information content (AvgIpc) is 2.78. The van der Waals surface area contributed by atoms with Crippen LogP contribution in [0.15, 0.2) is 59.5 Å². The van der Waals surface area contributed by atoms with E-state index < -0.39 is 5.25 Å². The second-order valence-electron chi connectivity index (χ2n) is 6.81. The molecule has 0 aliphatic carbocycles. The molecule has 0 aromatic heterocycles. The number of hydrogen-bond donors (Lipinski definition) is 1. The number of nitrogens with one attached hydrogen (secondary N) is 1. The molecule has 8 heteroatoms. The Hall–Kier alpha value is -2.84. The number of rotatable bonds is 10. The van der Waals surface area contributed by atoms with Crippen LogP contribution in [0.1, 0.15) is 18.9 Å². The van der Waals surface area contributed by atoms with Crippen molar-refractivity contribution < 1.29 is 19.2 Å². The molecule has 0 saturated heterocycles. The fourth-order valence-corrected chi connectivity index (χ4v) is 4.25. The maximum atomic E-state index is 13.2. The van der Waals surface area contributed by atoms with E-state index in [4.69, 9.17) is 4.84 Å². The zero-order chi connectivity index (χ0) is 21.3. The highest BCUT2D eigenvalue weighted by Gasteiger charge is 2.35. The molecule has 0 saturated carbocycles. The van der Waals surface area contributed by atoms with Gasteiger partial charge in [-0.25, -0.2) is 5.06 Å². The molecule has 0 bridgehead atoms. The van der Waals surface area contributed by atoms with E-state index in [1.165, 1.54) is 16.7 Å². The van der Waals surface area contributed by atoms with Crippen LogP contribution in [-0.4, -0.2) is 48.2 Å². The van der Waals surface area contributed by atoms with Gasteiger partial charge in [0.25, 0.3) is 0 Å². The Morgan fingerprint density at radius 2 is 1.93 bits per heavy atom. The van der Waals surface area contributed by atoms with Gasteiger partial charge in [-0.2, -0.15) is 0 Å². The highest BCUT2D eigenvalue weighted by molar-refractivity contribution is 8.01. The van der Waals surface area contributed by atoms with Gasteiger partial charge < -0.3 is 10.2 Å². The summed E-state index contributed by atoms with van der Waals surface area (Å²) in [6.45, 7) is 2.79. The number of benzene rings is 2. The Morgan fingerprint density at radius 1 is 1.20 bits per heavy atom. The number of fused-ring (bicyclic) bond motifs is 1. The molecule has 3 rings (SSSR count). The number of anilines is 1. The molecule has 1 N–H and O–H groups in total. The van der Waals surface area contributed by atoms with E-state index in [1.807, 2.05) is 61.5 Å². The summed E-state index contributed by atoms with van der Waals surface area (Å²) in [5.74, 6) is -0.432. The lowest BCUT2D eigenvalue weighted by molar-refractivity contribution is -0.177. The van der Waals surface area contributed by atoms with Crippen molar-refractivity contribution in [1.82, 2.24) is 10.4 Å². The zero-order valence-corrected chi connectivity index (χ0v) is 17.6. The molecule has 1 heterocycles. The van der Waals surface area contributed by atoms with Gasteiger partial charge in [0.05, 0.1) is 12.2 Å². The van der Waals surface area contributed by atoms with Gasteiger partial charge in [0.2, 0.25) is 18.2 Å². The van der Waals surface area contributed by atoms with Gasteiger partial charge in [0, 0.05) is 11.4 Å². The molecular formula is C22H25N3O4S. The summed E-state index contributed by atoms with van der Waals surface area (Å²) in [4.78, 5) is 44.9. The van der Waals surface area contributed by atoms with Gasteiger partial charge in [-0.3, -0.25) is 19.2 Å². The lowest BCUT2D eigenvalue weighted by Crippen LogP contribution is -2.49. The van der Waals surface area contributed by atoms with Crippen molar-refractivity contribution in [2.24, 2.45) is 0 Å². The van der Waals surface area contributed by atoms with Gasteiger partial charge in [-0.15, -0.1) is 11.8 Å². The fourth-order valence-electron chi connectivity index (χ4n) is 3.04. The molecule has 1 unspecified atom stereocenters. The summed E-state index contributed by atoms with van der Waals surface area (Å²) in [5, 5.41) is 3.38. The first-order valence-corrected chi connectivity index (χ1v) is 10.7. The minimum atomic E-state index is -0.570. The predicted molar refractivity (Wildman–Crippen MR) is 116 cm³/mol. The lowest BCUT2D eigenvalue weighted by Gasteiger charge is -2.34. The zero-order valence-electron chi connectivity index (χ0n) is 16.8. The van der Waals surface area contributed by atoms with Crippen LogP contribution in [0.25, 0.3) is 0 Å². The molecule has 30 heavy (non-hydrogen) atoms. The summed E-state index contributed by atoms with van der Waals surface area (Å²) in [5.41, 5.74) is 1.63. The monoisotopic (exact) mass is 427 g/mol. The standard InChI is InChI=1S/C22H25N3O4S/c1-2-12-23-21(27)14-25-18-10-6-7-11-19(18)30-20(22(25)28)13-24(16-26)29-15-17-8-4-3-5-9-17/h3-11,16,20H,2,12-15H2,1H3,(H,23,27). The largest absolute Gasteiger partial charge is 0.355 e. The Labute approximate surface area is 180 Å². The molecule has 0 spiro atoms. The molecular weight excluding hydrogens is 402 g/mol. The Bertz CT molecular complexity index is 878. The maximum Gasteiger partial charge on any atom is 0.242 e. The minimum absolute atomic E-state index is 0.0567. The van der Waals surface area contributed by atoms with E-state index >= 15 is 0 Å². The second-order valence-corrected chi connectivity index (χ2v) is 8.06. The molecule has 1 atom stereocenters. The van der Waals surface area contributed by atoms with Crippen LogP contribution in [-0.2, 0) is 25.8 Å². The van der Waals surface area contributed by atoms with E-state index in [9.17, 15) is 14.4 Å². The third kappa shape index (κ3) is 5.61. The molecule has 1 aliphatic heterocycles. The van der Waals surface area contributed by atoms with Gasteiger partial charge in [0.15, 0.2) is 0 Å². The van der Waals surface area contributed by atoms with Crippen LogP contribution < -0.4 is 10.2 Å². The number of para-hydroxylation sites is 1. The molecule has 1 aliphatic rings. The normalized spacial score (nSPS) is 15.4. The molecule has 2 aromatic rings. The van der Waals surface area contributed by atoms with E-state index in [-0.39, 0.29) is 31.5 Å². The van der Waals surface area contributed by atoms with Crippen molar-refractivity contribution in [1.29, 1.82) is 0 Å². The van der Waals surface area contributed by atoms with E-state index in [1.54, 1.807) is 0 Å². The minimum Gasteiger partial charge on any atom is -0.355 e. The number of carbonyl (C=O) groups excluding carboxylic acids is 3. The molecule has 158 valence electrons. The molecule has 0 fully saturated rings. The van der Waals surface area contributed by atoms with Gasteiger partial charge >= 0.3 is 0 Å². The van der Waals surface area contributed by atoms with Crippen molar-refractivity contribution in [3.8, 4) is 0 Å². The van der Waals surface area contributed by atoms with Crippen LogP contribution in [0.5, 0.6) is 0 Å². The first-order valence-electron chi connectivity index (χ1n) is 9.85. The van der Waals surface area contributed by atoms with E-state index in [2.05, 4.69) is 5.32 Å². The highest BCUT2D eigenvalue weighted by atomic mass is 32.2. The molecule has 3 amide bonds. The predicted octanol–water partition coefficient (Wildman–Crippen LogP) is 2.61. The third-order valence-corrected chi connectivity index (χ3v) is 5.78. The highest BCUT2D eigenvalue weighted by Crippen LogP contribution is 2.39. The lowest BCUT2D eigenvalue weighted by atomic mass is 10.2. The summed E-state index contributed by atoms with van der Waals surface area (Å²) in [6, 6.07) is 16.9.